The second-order valence-electron chi connectivity index (χ2n) is 4.75. The average molecular weight is 281 g/mol. The van der Waals surface area contributed by atoms with Crippen LogP contribution in [0.3, 0.4) is 0 Å². The zero-order chi connectivity index (χ0) is 14.5. The summed E-state index contributed by atoms with van der Waals surface area (Å²) in [6.07, 6.45) is 1.18. The molecule has 0 amide bonds. The second-order valence-corrected chi connectivity index (χ2v) is 4.75. The van der Waals surface area contributed by atoms with Crippen LogP contribution in [0.15, 0.2) is 18.2 Å². The largest absolute Gasteiger partial charge is 0.497 e. The van der Waals surface area contributed by atoms with Crippen molar-refractivity contribution in [1.29, 1.82) is 0 Å². The molecule has 0 aromatic heterocycles. The maximum atomic E-state index is 5.63. The van der Waals surface area contributed by atoms with Crippen LogP contribution >= 0.6 is 0 Å². The standard InChI is InChI=1S/C15H23NO4/c1-5-20-14-9-12(15(14)19-4)16-11-7-6-10(17-2)8-13(11)18-3/h6-8,12,14-16H,5,9H2,1-4H3. The fourth-order valence-corrected chi connectivity index (χ4v) is 2.53. The van der Waals surface area contributed by atoms with Gasteiger partial charge in [-0.15, -0.1) is 0 Å². The Morgan fingerprint density at radius 1 is 1.20 bits per heavy atom. The van der Waals surface area contributed by atoms with E-state index in [1.807, 2.05) is 25.1 Å². The summed E-state index contributed by atoms with van der Waals surface area (Å²) in [4.78, 5) is 0. The van der Waals surface area contributed by atoms with Gasteiger partial charge in [-0.05, 0) is 25.5 Å². The normalized spacial score (nSPS) is 24.9. The van der Waals surface area contributed by atoms with Crippen molar-refractivity contribution in [3.63, 3.8) is 0 Å². The molecular formula is C15H23NO4. The lowest BCUT2D eigenvalue weighted by Crippen LogP contribution is -2.56. The Hall–Kier alpha value is -1.46. The molecule has 3 unspecified atom stereocenters. The molecule has 1 saturated carbocycles. The van der Waals surface area contributed by atoms with Gasteiger partial charge < -0.3 is 24.3 Å². The predicted molar refractivity (Wildman–Crippen MR) is 77.8 cm³/mol. The Kier molecular flexibility index (Phi) is 5.09. The van der Waals surface area contributed by atoms with Crippen molar-refractivity contribution >= 4 is 5.69 Å². The van der Waals surface area contributed by atoms with Crippen LogP contribution in [0.5, 0.6) is 11.5 Å². The van der Waals surface area contributed by atoms with E-state index in [1.54, 1.807) is 21.3 Å². The molecule has 1 aromatic carbocycles. The van der Waals surface area contributed by atoms with Crippen LogP contribution in [0, 0.1) is 0 Å². The molecule has 1 aliphatic rings. The van der Waals surface area contributed by atoms with Gasteiger partial charge in [-0.25, -0.2) is 0 Å². The maximum absolute atomic E-state index is 5.63. The zero-order valence-corrected chi connectivity index (χ0v) is 12.5. The summed E-state index contributed by atoms with van der Waals surface area (Å²) in [6.45, 7) is 2.71. The summed E-state index contributed by atoms with van der Waals surface area (Å²) < 4.78 is 21.7. The Labute approximate surface area is 120 Å². The molecule has 1 N–H and O–H groups in total. The number of nitrogens with one attached hydrogen (secondary N) is 1. The van der Waals surface area contributed by atoms with Crippen LogP contribution in [0.1, 0.15) is 13.3 Å². The van der Waals surface area contributed by atoms with E-state index in [2.05, 4.69) is 5.32 Å². The lowest BCUT2D eigenvalue weighted by atomic mass is 9.85. The number of hydrogen-bond donors (Lipinski definition) is 1. The van der Waals surface area contributed by atoms with Gasteiger partial charge in [-0.2, -0.15) is 0 Å². The molecule has 3 atom stereocenters. The Morgan fingerprint density at radius 2 is 2.00 bits per heavy atom. The Balaban J connectivity index is 2.03. The second kappa shape index (κ2) is 6.81. The maximum Gasteiger partial charge on any atom is 0.145 e. The van der Waals surface area contributed by atoms with Crippen molar-refractivity contribution < 1.29 is 18.9 Å². The van der Waals surface area contributed by atoms with Crippen LogP contribution in [-0.4, -0.2) is 46.2 Å². The summed E-state index contributed by atoms with van der Waals surface area (Å²) in [5.74, 6) is 1.54. The first-order valence-electron chi connectivity index (χ1n) is 6.86. The van der Waals surface area contributed by atoms with Crippen molar-refractivity contribution in [3.05, 3.63) is 18.2 Å². The van der Waals surface area contributed by atoms with Crippen LogP contribution in [0.25, 0.3) is 0 Å². The summed E-state index contributed by atoms with van der Waals surface area (Å²) in [6, 6.07) is 5.96. The highest BCUT2D eigenvalue weighted by Gasteiger charge is 2.42. The first kappa shape index (κ1) is 14.9. The van der Waals surface area contributed by atoms with Crippen LogP contribution in [0.2, 0.25) is 0 Å². The molecule has 1 fully saturated rings. The van der Waals surface area contributed by atoms with Gasteiger partial charge in [0.1, 0.15) is 17.6 Å². The summed E-state index contributed by atoms with van der Waals surface area (Å²) in [7, 11) is 5.01. The van der Waals surface area contributed by atoms with E-state index in [0.29, 0.717) is 6.61 Å². The number of rotatable bonds is 7. The lowest BCUT2D eigenvalue weighted by molar-refractivity contribution is -0.118. The molecule has 5 heteroatoms. The molecular weight excluding hydrogens is 258 g/mol. The van der Waals surface area contributed by atoms with E-state index < -0.39 is 0 Å². The number of benzene rings is 1. The van der Waals surface area contributed by atoms with E-state index in [-0.39, 0.29) is 18.2 Å². The molecule has 0 saturated heterocycles. The van der Waals surface area contributed by atoms with Gasteiger partial charge in [-0.3, -0.25) is 0 Å². The first-order chi connectivity index (χ1) is 9.73. The molecule has 0 aliphatic heterocycles. The van der Waals surface area contributed by atoms with Crippen LogP contribution in [-0.2, 0) is 9.47 Å². The highest BCUT2D eigenvalue weighted by Crippen LogP contribution is 2.34. The van der Waals surface area contributed by atoms with E-state index in [0.717, 1.165) is 23.6 Å². The minimum absolute atomic E-state index is 0.0711. The molecule has 0 spiro atoms. The zero-order valence-electron chi connectivity index (χ0n) is 12.5. The monoisotopic (exact) mass is 281 g/mol. The summed E-state index contributed by atoms with van der Waals surface area (Å²) in [5, 5.41) is 3.45. The van der Waals surface area contributed by atoms with Crippen molar-refractivity contribution in [2.24, 2.45) is 0 Å². The van der Waals surface area contributed by atoms with Gasteiger partial charge in [0.25, 0.3) is 0 Å². The van der Waals surface area contributed by atoms with Crippen LogP contribution < -0.4 is 14.8 Å². The van der Waals surface area contributed by atoms with Crippen molar-refractivity contribution in [1.82, 2.24) is 0 Å². The first-order valence-corrected chi connectivity index (χ1v) is 6.86. The quantitative estimate of drug-likeness (QED) is 0.831. The van der Waals surface area contributed by atoms with Gasteiger partial charge in [0.05, 0.1) is 32.1 Å². The molecule has 1 aromatic rings. The molecule has 0 bridgehead atoms. The highest BCUT2D eigenvalue weighted by molar-refractivity contribution is 5.60. The molecule has 5 nitrogen and oxygen atoms in total. The summed E-state index contributed by atoms with van der Waals surface area (Å²) in [5.41, 5.74) is 0.940. The Morgan fingerprint density at radius 3 is 2.60 bits per heavy atom. The van der Waals surface area contributed by atoms with E-state index in [4.69, 9.17) is 18.9 Å². The number of ether oxygens (including phenoxy) is 4. The van der Waals surface area contributed by atoms with Gasteiger partial charge in [-0.1, -0.05) is 0 Å². The minimum Gasteiger partial charge on any atom is -0.497 e. The molecule has 20 heavy (non-hydrogen) atoms. The van der Waals surface area contributed by atoms with Gasteiger partial charge in [0.2, 0.25) is 0 Å². The molecule has 112 valence electrons. The van der Waals surface area contributed by atoms with Gasteiger partial charge >= 0.3 is 0 Å². The van der Waals surface area contributed by atoms with Gasteiger partial charge in [0, 0.05) is 19.8 Å². The van der Waals surface area contributed by atoms with E-state index in [1.165, 1.54) is 0 Å². The number of hydrogen-bond acceptors (Lipinski definition) is 5. The number of methoxy groups -OCH3 is 3. The molecule has 0 radical (unpaired) electrons. The average Bonchev–Trinajstić information content (AvgIpc) is 2.46. The predicted octanol–water partition coefficient (Wildman–Crippen LogP) is 2.31. The van der Waals surface area contributed by atoms with Gasteiger partial charge in [0.15, 0.2) is 0 Å². The lowest BCUT2D eigenvalue weighted by Gasteiger charge is -2.43. The van der Waals surface area contributed by atoms with Crippen molar-refractivity contribution in [2.75, 3.05) is 33.3 Å². The summed E-state index contributed by atoms with van der Waals surface area (Å²) >= 11 is 0. The molecule has 1 aliphatic carbocycles. The fourth-order valence-electron chi connectivity index (χ4n) is 2.53. The Bertz CT molecular complexity index is 438. The van der Waals surface area contributed by atoms with Crippen LogP contribution in [0.4, 0.5) is 5.69 Å². The third kappa shape index (κ3) is 2.99. The fraction of sp³-hybridized carbons (Fsp3) is 0.600. The smallest absolute Gasteiger partial charge is 0.145 e. The highest BCUT2D eigenvalue weighted by atomic mass is 16.5. The molecule has 0 heterocycles. The van der Waals surface area contributed by atoms with E-state index in [9.17, 15) is 0 Å². The molecule has 2 rings (SSSR count). The topological polar surface area (TPSA) is 49.0 Å². The van der Waals surface area contributed by atoms with E-state index >= 15 is 0 Å². The third-order valence-electron chi connectivity index (χ3n) is 3.65. The van der Waals surface area contributed by atoms with Crippen molar-refractivity contribution in [2.45, 2.75) is 31.6 Å². The SMILES string of the molecule is CCOC1CC(Nc2ccc(OC)cc2OC)C1OC. The number of anilines is 1. The minimum atomic E-state index is 0.0711. The van der Waals surface area contributed by atoms with Crippen molar-refractivity contribution in [3.8, 4) is 11.5 Å². The third-order valence-corrected chi connectivity index (χ3v) is 3.65.